The van der Waals surface area contributed by atoms with Crippen molar-refractivity contribution < 1.29 is 4.79 Å². The van der Waals surface area contributed by atoms with Crippen molar-refractivity contribution in [2.24, 2.45) is 5.73 Å². The van der Waals surface area contributed by atoms with E-state index in [1.54, 1.807) is 11.3 Å². The second-order valence-electron chi connectivity index (χ2n) is 4.72. The van der Waals surface area contributed by atoms with Crippen molar-refractivity contribution in [2.45, 2.75) is 26.2 Å². The number of amides is 1. The van der Waals surface area contributed by atoms with Gasteiger partial charge in [0, 0.05) is 43.7 Å². The Morgan fingerprint density at radius 2 is 2.16 bits per heavy atom. The zero-order chi connectivity index (χ0) is 13.7. The molecule has 5 nitrogen and oxygen atoms in total. The number of aromatic nitrogens is 1. The monoisotopic (exact) mass is 282 g/mol. The molecular formula is C13H22N4OS. The lowest BCUT2D eigenvalue weighted by molar-refractivity contribution is -0.131. The average molecular weight is 282 g/mol. The molecular weight excluding hydrogens is 260 g/mol. The van der Waals surface area contributed by atoms with Gasteiger partial charge < -0.3 is 15.5 Å². The predicted molar refractivity (Wildman–Crippen MR) is 78.6 cm³/mol. The Morgan fingerprint density at radius 3 is 2.74 bits per heavy atom. The molecule has 0 aliphatic carbocycles. The Bertz CT molecular complexity index is 413. The third kappa shape index (κ3) is 3.67. The number of piperazine rings is 1. The minimum atomic E-state index is 0.235. The highest BCUT2D eigenvalue weighted by Crippen LogP contribution is 2.23. The summed E-state index contributed by atoms with van der Waals surface area (Å²) in [6, 6.07) is 0. The number of nitrogens with zero attached hydrogens (tertiary/aromatic N) is 3. The number of rotatable bonds is 5. The van der Waals surface area contributed by atoms with Gasteiger partial charge in [0.25, 0.3) is 0 Å². The normalized spacial score (nSPS) is 15.9. The van der Waals surface area contributed by atoms with Gasteiger partial charge in [0.2, 0.25) is 5.91 Å². The second-order valence-corrected chi connectivity index (χ2v) is 5.82. The van der Waals surface area contributed by atoms with E-state index in [1.807, 2.05) is 11.1 Å². The Balaban J connectivity index is 1.83. The first-order valence-corrected chi connectivity index (χ1v) is 7.73. The first-order chi connectivity index (χ1) is 9.24. The zero-order valence-electron chi connectivity index (χ0n) is 11.5. The number of carbonyl (C=O) groups is 1. The van der Waals surface area contributed by atoms with E-state index in [1.165, 1.54) is 4.88 Å². The molecule has 1 aromatic heterocycles. The molecule has 0 spiro atoms. The van der Waals surface area contributed by atoms with Gasteiger partial charge in [0.05, 0.1) is 0 Å². The zero-order valence-corrected chi connectivity index (χ0v) is 12.3. The fraction of sp³-hybridized carbons (Fsp3) is 0.692. The van der Waals surface area contributed by atoms with Crippen molar-refractivity contribution in [3.63, 3.8) is 0 Å². The molecule has 2 rings (SSSR count). The Labute approximate surface area is 118 Å². The van der Waals surface area contributed by atoms with Crippen LogP contribution in [-0.4, -0.2) is 48.5 Å². The summed E-state index contributed by atoms with van der Waals surface area (Å²) in [5, 5.41) is 1.09. The number of thiazole rings is 1. The Hall–Kier alpha value is -1.14. The smallest absolute Gasteiger partial charge is 0.222 e. The minimum absolute atomic E-state index is 0.235. The number of anilines is 1. The van der Waals surface area contributed by atoms with Gasteiger partial charge in [-0.2, -0.15) is 0 Å². The molecule has 0 saturated carbocycles. The first kappa shape index (κ1) is 14.3. The SMILES string of the molecule is CCc1cnc(N2CCN(C(=O)CCCN)CC2)s1. The van der Waals surface area contributed by atoms with Gasteiger partial charge in [0.1, 0.15) is 0 Å². The molecule has 106 valence electrons. The van der Waals surface area contributed by atoms with Crippen molar-refractivity contribution in [2.75, 3.05) is 37.6 Å². The quantitative estimate of drug-likeness (QED) is 0.878. The van der Waals surface area contributed by atoms with E-state index in [9.17, 15) is 4.79 Å². The molecule has 2 N–H and O–H groups in total. The van der Waals surface area contributed by atoms with Crippen LogP contribution in [0.2, 0.25) is 0 Å². The van der Waals surface area contributed by atoms with Gasteiger partial charge in [-0.25, -0.2) is 4.98 Å². The van der Waals surface area contributed by atoms with E-state index < -0.39 is 0 Å². The molecule has 19 heavy (non-hydrogen) atoms. The van der Waals surface area contributed by atoms with Crippen molar-refractivity contribution in [1.29, 1.82) is 0 Å². The summed E-state index contributed by atoms with van der Waals surface area (Å²) in [5.41, 5.74) is 5.43. The van der Waals surface area contributed by atoms with E-state index in [0.29, 0.717) is 13.0 Å². The van der Waals surface area contributed by atoms with Crippen molar-refractivity contribution in [3.8, 4) is 0 Å². The summed E-state index contributed by atoms with van der Waals surface area (Å²) >= 11 is 1.76. The summed E-state index contributed by atoms with van der Waals surface area (Å²) in [4.78, 5) is 21.9. The molecule has 1 amide bonds. The van der Waals surface area contributed by atoms with Gasteiger partial charge in [-0.15, -0.1) is 11.3 Å². The van der Waals surface area contributed by atoms with Gasteiger partial charge in [-0.05, 0) is 19.4 Å². The summed E-state index contributed by atoms with van der Waals surface area (Å²) in [6.45, 7) is 6.08. The van der Waals surface area contributed by atoms with Crippen LogP contribution in [0.15, 0.2) is 6.20 Å². The first-order valence-electron chi connectivity index (χ1n) is 6.92. The summed E-state index contributed by atoms with van der Waals surface area (Å²) in [6.07, 6.45) is 4.35. The maximum absolute atomic E-state index is 11.9. The summed E-state index contributed by atoms with van der Waals surface area (Å²) in [5.74, 6) is 0.235. The summed E-state index contributed by atoms with van der Waals surface area (Å²) < 4.78 is 0. The largest absolute Gasteiger partial charge is 0.345 e. The Kier molecular flexibility index (Phi) is 5.15. The lowest BCUT2D eigenvalue weighted by Gasteiger charge is -2.34. The Morgan fingerprint density at radius 1 is 1.42 bits per heavy atom. The van der Waals surface area contributed by atoms with Crippen molar-refractivity contribution >= 4 is 22.4 Å². The predicted octanol–water partition coefficient (Wildman–Crippen LogP) is 1.09. The van der Waals surface area contributed by atoms with Crippen LogP contribution in [0.3, 0.4) is 0 Å². The van der Waals surface area contributed by atoms with E-state index in [0.717, 1.165) is 44.2 Å². The lowest BCUT2D eigenvalue weighted by Crippen LogP contribution is -2.48. The number of aryl methyl sites for hydroxylation is 1. The molecule has 0 atom stereocenters. The number of hydrogen-bond donors (Lipinski definition) is 1. The van der Waals surface area contributed by atoms with Crippen LogP contribution < -0.4 is 10.6 Å². The van der Waals surface area contributed by atoms with Gasteiger partial charge in [-0.3, -0.25) is 4.79 Å². The number of carbonyl (C=O) groups excluding carboxylic acids is 1. The third-order valence-corrected chi connectivity index (χ3v) is 4.59. The van der Waals surface area contributed by atoms with E-state index >= 15 is 0 Å². The molecule has 2 heterocycles. The lowest BCUT2D eigenvalue weighted by atomic mass is 10.2. The third-order valence-electron chi connectivity index (χ3n) is 3.39. The van der Waals surface area contributed by atoms with Crippen molar-refractivity contribution in [1.82, 2.24) is 9.88 Å². The molecule has 1 saturated heterocycles. The molecule has 1 aromatic rings. The topological polar surface area (TPSA) is 62.5 Å². The average Bonchev–Trinajstić information content (AvgIpc) is 2.94. The summed E-state index contributed by atoms with van der Waals surface area (Å²) in [7, 11) is 0. The van der Waals surface area contributed by atoms with E-state index in [2.05, 4.69) is 16.8 Å². The highest BCUT2D eigenvalue weighted by Gasteiger charge is 2.22. The van der Waals surface area contributed by atoms with Crippen LogP contribution in [0.4, 0.5) is 5.13 Å². The van der Waals surface area contributed by atoms with Crippen LogP contribution in [0.25, 0.3) is 0 Å². The van der Waals surface area contributed by atoms with E-state index in [4.69, 9.17) is 5.73 Å². The minimum Gasteiger partial charge on any atom is -0.345 e. The second kappa shape index (κ2) is 6.86. The highest BCUT2D eigenvalue weighted by molar-refractivity contribution is 7.15. The molecule has 6 heteroatoms. The van der Waals surface area contributed by atoms with Crippen LogP contribution in [-0.2, 0) is 11.2 Å². The van der Waals surface area contributed by atoms with E-state index in [-0.39, 0.29) is 5.91 Å². The van der Waals surface area contributed by atoms with Gasteiger partial charge >= 0.3 is 0 Å². The molecule has 0 radical (unpaired) electrons. The molecule has 0 unspecified atom stereocenters. The van der Waals surface area contributed by atoms with Crippen LogP contribution in [0.5, 0.6) is 0 Å². The molecule has 0 bridgehead atoms. The maximum Gasteiger partial charge on any atom is 0.222 e. The number of hydrogen-bond acceptors (Lipinski definition) is 5. The standard InChI is InChI=1S/C13H22N4OS/c1-2-11-10-15-13(19-11)17-8-6-16(7-9-17)12(18)4-3-5-14/h10H,2-9,14H2,1H3. The molecule has 1 aliphatic heterocycles. The molecule has 1 aliphatic rings. The number of nitrogens with two attached hydrogens (primary N) is 1. The maximum atomic E-state index is 11.9. The van der Waals surface area contributed by atoms with Crippen LogP contribution in [0, 0.1) is 0 Å². The highest BCUT2D eigenvalue weighted by atomic mass is 32.1. The van der Waals surface area contributed by atoms with Crippen LogP contribution in [0.1, 0.15) is 24.6 Å². The van der Waals surface area contributed by atoms with Crippen LogP contribution >= 0.6 is 11.3 Å². The molecule has 0 aromatic carbocycles. The fourth-order valence-corrected chi connectivity index (χ4v) is 3.07. The van der Waals surface area contributed by atoms with Gasteiger partial charge in [0.15, 0.2) is 5.13 Å². The van der Waals surface area contributed by atoms with Gasteiger partial charge in [-0.1, -0.05) is 6.92 Å². The van der Waals surface area contributed by atoms with Crippen molar-refractivity contribution in [3.05, 3.63) is 11.1 Å². The fourth-order valence-electron chi connectivity index (χ4n) is 2.17. The molecule has 1 fully saturated rings.